The summed E-state index contributed by atoms with van der Waals surface area (Å²) < 4.78 is 0. The van der Waals surface area contributed by atoms with Gasteiger partial charge in [-0.15, -0.1) is 0 Å². The van der Waals surface area contributed by atoms with E-state index in [1.165, 1.54) is 16.7 Å². The van der Waals surface area contributed by atoms with Crippen LogP contribution in [-0.4, -0.2) is 12.5 Å². The van der Waals surface area contributed by atoms with E-state index in [2.05, 4.69) is 54.0 Å². The fourth-order valence-corrected chi connectivity index (χ4v) is 3.06. The summed E-state index contributed by atoms with van der Waals surface area (Å²) >= 11 is 0. The van der Waals surface area contributed by atoms with Gasteiger partial charge in [0.05, 0.1) is 0 Å². The van der Waals surface area contributed by atoms with Gasteiger partial charge in [0.2, 0.25) is 0 Å². The second kappa shape index (κ2) is 8.45. The van der Waals surface area contributed by atoms with E-state index in [0.717, 1.165) is 11.3 Å². The Bertz CT molecular complexity index is 857. The standard InChI is InChI=1S/C23H24N2O/c1-17-11-13-20(14-12-17)23(19-8-4-3-5-9-19)24-16-22(26)25-21-10-6-7-18(2)15-21/h3-15,23-24H,16H2,1-2H3,(H,25,26)/p+1/t23-/m0/s1. The van der Waals surface area contributed by atoms with E-state index in [1.807, 2.05) is 49.4 Å². The Morgan fingerprint density at radius 3 is 2.23 bits per heavy atom. The smallest absolute Gasteiger partial charge is 0.279 e. The van der Waals surface area contributed by atoms with Crippen LogP contribution in [0.15, 0.2) is 78.9 Å². The van der Waals surface area contributed by atoms with E-state index in [4.69, 9.17) is 0 Å². The molecule has 26 heavy (non-hydrogen) atoms. The average molecular weight is 345 g/mol. The van der Waals surface area contributed by atoms with Gasteiger partial charge in [-0.3, -0.25) is 4.79 Å². The SMILES string of the molecule is Cc1ccc([C@@H]([NH2+]CC(=O)Nc2cccc(C)c2)c2ccccc2)cc1. The second-order valence-corrected chi connectivity index (χ2v) is 6.66. The highest BCUT2D eigenvalue weighted by molar-refractivity contribution is 5.91. The third kappa shape index (κ3) is 4.80. The van der Waals surface area contributed by atoms with Crippen molar-refractivity contribution in [1.82, 2.24) is 0 Å². The van der Waals surface area contributed by atoms with Crippen molar-refractivity contribution >= 4 is 11.6 Å². The van der Waals surface area contributed by atoms with Crippen molar-refractivity contribution in [1.29, 1.82) is 0 Å². The number of quaternary nitrogens is 1. The zero-order valence-electron chi connectivity index (χ0n) is 15.3. The molecule has 0 fully saturated rings. The number of amides is 1. The Morgan fingerprint density at radius 2 is 1.54 bits per heavy atom. The van der Waals surface area contributed by atoms with E-state index in [-0.39, 0.29) is 11.9 Å². The number of aryl methyl sites for hydroxylation is 2. The molecule has 0 saturated heterocycles. The maximum absolute atomic E-state index is 12.4. The Morgan fingerprint density at radius 1 is 0.846 bits per heavy atom. The zero-order valence-corrected chi connectivity index (χ0v) is 15.3. The fourth-order valence-electron chi connectivity index (χ4n) is 3.06. The minimum atomic E-state index is 0.00337. The maximum atomic E-state index is 12.4. The van der Waals surface area contributed by atoms with Crippen LogP contribution in [0.2, 0.25) is 0 Å². The van der Waals surface area contributed by atoms with Crippen molar-refractivity contribution in [3.05, 3.63) is 101 Å². The molecular weight excluding hydrogens is 320 g/mol. The van der Waals surface area contributed by atoms with Gasteiger partial charge in [-0.2, -0.15) is 0 Å². The number of nitrogens with one attached hydrogen (secondary N) is 1. The van der Waals surface area contributed by atoms with Crippen molar-refractivity contribution in [2.45, 2.75) is 19.9 Å². The molecule has 3 aromatic carbocycles. The lowest BCUT2D eigenvalue weighted by molar-refractivity contribution is -0.676. The quantitative estimate of drug-likeness (QED) is 0.704. The van der Waals surface area contributed by atoms with Crippen LogP contribution in [0.5, 0.6) is 0 Å². The predicted octanol–water partition coefficient (Wildman–Crippen LogP) is 3.59. The molecule has 1 amide bonds. The van der Waals surface area contributed by atoms with Gasteiger partial charge >= 0.3 is 0 Å². The first-order valence-corrected chi connectivity index (χ1v) is 8.93. The third-order valence-corrected chi connectivity index (χ3v) is 4.44. The Balaban J connectivity index is 1.72. The molecule has 3 nitrogen and oxygen atoms in total. The summed E-state index contributed by atoms with van der Waals surface area (Å²) in [6, 6.07) is 26.8. The van der Waals surface area contributed by atoms with Gasteiger partial charge in [-0.25, -0.2) is 0 Å². The number of rotatable bonds is 6. The van der Waals surface area contributed by atoms with Gasteiger partial charge in [-0.1, -0.05) is 72.3 Å². The summed E-state index contributed by atoms with van der Waals surface area (Å²) in [6.07, 6.45) is 0. The molecule has 0 spiro atoms. The summed E-state index contributed by atoms with van der Waals surface area (Å²) in [4.78, 5) is 12.4. The number of benzene rings is 3. The van der Waals surface area contributed by atoms with Crippen LogP contribution in [0, 0.1) is 13.8 Å². The fraction of sp³-hybridized carbons (Fsp3) is 0.174. The summed E-state index contributed by atoms with van der Waals surface area (Å²) in [5, 5.41) is 5.07. The summed E-state index contributed by atoms with van der Waals surface area (Å²) in [5.41, 5.74) is 5.60. The number of hydrogen-bond acceptors (Lipinski definition) is 1. The number of anilines is 1. The van der Waals surface area contributed by atoms with Gasteiger partial charge in [0.25, 0.3) is 5.91 Å². The molecule has 0 aliphatic carbocycles. The molecule has 0 aliphatic rings. The summed E-state index contributed by atoms with van der Waals surface area (Å²) in [7, 11) is 0. The molecule has 0 aromatic heterocycles. The lowest BCUT2D eigenvalue weighted by Crippen LogP contribution is -2.87. The minimum Gasteiger partial charge on any atom is -0.328 e. The highest BCUT2D eigenvalue weighted by atomic mass is 16.1. The number of hydrogen-bond donors (Lipinski definition) is 2. The lowest BCUT2D eigenvalue weighted by atomic mass is 9.98. The highest BCUT2D eigenvalue weighted by Crippen LogP contribution is 2.18. The second-order valence-electron chi connectivity index (χ2n) is 6.66. The van der Waals surface area contributed by atoms with Crippen LogP contribution in [0.4, 0.5) is 5.69 Å². The van der Waals surface area contributed by atoms with E-state index in [9.17, 15) is 4.79 Å². The van der Waals surface area contributed by atoms with Crippen LogP contribution in [0.1, 0.15) is 28.3 Å². The number of nitrogens with two attached hydrogens (primary N) is 1. The minimum absolute atomic E-state index is 0.00337. The average Bonchev–Trinajstić information content (AvgIpc) is 2.64. The summed E-state index contributed by atoms with van der Waals surface area (Å²) in [6.45, 7) is 4.46. The monoisotopic (exact) mass is 345 g/mol. The molecular formula is C23H25N2O+. The zero-order chi connectivity index (χ0) is 18.4. The van der Waals surface area contributed by atoms with Crippen LogP contribution >= 0.6 is 0 Å². The maximum Gasteiger partial charge on any atom is 0.279 e. The molecule has 132 valence electrons. The van der Waals surface area contributed by atoms with Crippen molar-refractivity contribution in [2.24, 2.45) is 0 Å². The van der Waals surface area contributed by atoms with E-state index < -0.39 is 0 Å². The molecule has 1 atom stereocenters. The Labute approximate surface area is 155 Å². The van der Waals surface area contributed by atoms with E-state index in [0.29, 0.717) is 6.54 Å². The van der Waals surface area contributed by atoms with Crippen LogP contribution < -0.4 is 10.6 Å². The van der Waals surface area contributed by atoms with Crippen LogP contribution in [0.25, 0.3) is 0 Å². The Kier molecular flexibility index (Phi) is 5.82. The normalized spacial score (nSPS) is 11.8. The topological polar surface area (TPSA) is 45.7 Å². The van der Waals surface area contributed by atoms with Gasteiger partial charge in [0.1, 0.15) is 6.04 Å². The van der Waals surface area contributed by atoms with E-state index in [1.54, 1.807) is 0 Å². The number of carbonyl (C=O) groups excluding carboxylic acids is 1. The molecule has 0 radical (unpaired) electrons. The predicted molar refractivity (Wildman–Crippen MR) is 106 cm³/mol. The summed E-state index contributed by atoms with van der Waals surface area (Å²) in [5.74, 6) is 0.00337. The molecule has 0 heterocycles. The molecule has 0 unspecified atom stereocenters. The van der Waals surface area contributed by atoms with Gasteiger partial charge in [0, 0.05) is 16.8 Å². The third-order valence-electron chi connectivity index (χ3n) is 4.44. The van der Waals surface area contributed by atoms with Gasteiger partial charge < -0.3 is 10.6 Å². The van der Waals surface area contributed by atoms with E-state index >= 15 is 0 Å². The molecule has 3 N–H and O–H groups in total. The lowest BCUT2D eigenvalue weighted by Gasteiger charge is -2.17. The first kappa shape index (κ1) is 17.9. The van der Waals surface area contributed by atoms with Gasteiger partial charge in [-0.05, 0) is 31.5 Å². The Hall–Kier alpha value is -2.91. The molecule has 3 aromatic rings. The largest absolute Gasteiger partial charge is 0.328 e. The first-order valence-electron chi connectivity index (χ1n) is 8.93. The van der Waals surface area contributed by atoms with Gasteiger partial charge in [0.15, 0.2) is 6.54 Å². The molecule has 0 saturated carbocycles. The number of carbonyl (C=O) groups is 1. The van der Waals surface area contributed by atoms with Crippen molar-refractivity contribution in [3.63, 3.8) is 0 Å². The molecule has 3 rings (SSSR count). The van der Waals surface area contributed by atoms with Crippen molar-refractivity contribution in [3.8, 4) is 0 Å². The van der Waals surface area contributed by atoms with Crippen LogP contribution in [0.3, 0.4) is 0 Å². The molecule has 0 aliphatic heterocycles. The molecule has 3 heteroatoms. The highest BCUT2D eigenvalue weighted by Gasteiger charge is 2.18. The molecule has 0 bridgehead atoms. The first-order chi connectivity index (χ1) is 12.6. The van der Waals surface area contributed by atoms with Crippen molar-refractivity contribution < 1.29 is 10.1 Å². The van der Waals surface area contributed by atoms with Crippen molar-refractivity contribution in [2.75, 3.05) is 11.9 Å². The van der Waals surface area contributed by atoms with Crippen LogP contribution in [-0.2, 0) is 4.79 Å².